The predicted octanol–water partition coefficient (Wildman–Crippen LogP) is 10.7. The molecule has 2 heteroatoms. The van der Waals surface area contributed by atoms with E-state index < -0.39 is 0 Å². The van der Waals surface area contributed by atoms with Crippen molar-refractivity contribution in [1.82, 2.24) is 0 Å². The summed E-state index contributed by atoms with van der Waals surface area (Å²) in [7, 11) is 4.17. The van der Waals surface area contributed by atoms with Gasteiger partial charge in [0.15, 0.2) is 12.4 Å². The second-order valence-corrected chi connectivity index (χ2v) is 12.3. The van der Waals surface area contributed by atoms with E-state index in [0.29, 0.717) is 0 Å². The van der Waals surface area contributed by atoms with Gasteiger partial charge in [0.2, 0.25) is 0 Å². The molecule has 1 aromatic heterocycles. The Hall–Kier alpha value is -2.35. The molecule has 0 atom stereocenters. The number of allylic oxidation sites excluding steroid dienone is 3. The molecule has 0 unspecified atom stereocenters. The second kappa shape index (κ2) is 19.7. The second-order valence-electron chi connectivity index (χ2n) is 12.3. The summed E-state index contributed by atoms with van der Waals surface area (Å²) in [5.74, 6) is 0. The van der Waals surface area contributed by atoms with Crippen LogP contribution in [0.2, 0.25) is 0 Å². The first-order valence-corrected chi connectivity index (χ1v) is 16.8. The summed E-state index contributed by atoms with van der Waals surface area (Å²) in [4.78, 5) is 2.14. The van der Waals surface area contributed by atoms with E-state index in [4.69, 9.17) is 0 Å². The number of unbranched alkanes of at least 4 members (excludes halogenated alkanes) is 15. The number of aromatic nitrogens is 1. The first kappa shape index (κ1) is 32.2. The van der Waals surface area contributed by atoms with Crippen molar-refractivity contribution in [2.45, 2.75) is 135 Å². The molecule has 0 N–H and O–H groups in total. The van der Waals surface area contributed by atoms with Gasteiger partial charge in [0.25, 0.3) is 0 Å². The van der Waals surface area contributed by atoms with E-state index >= 15 is 0 Å². The molecule has 1 heterocycles. The van der Waals surface area contributed by atoms with Gasteiger partial charge in [0.05, 0.1) is 0 Å². The molecule has 40 heavy (non-hydrogen) atoms. The number of rotatable bonds is 20. The van der Waals surface area contributed by atoms with Crippen molar-refractivity contribution in [1.29, 1.82) is 0 Å². The third kappa shape index (κ3) is 12.4. The fraction of sp³-hybridized carbons (Fsp3) is 0.605. The lowest BCUT2D eigenvalue weighted by Gasteiger charge is -2.17. The highest BCUT2D eigenvalue weighted by molar-refractivity contribution is 5.72. The van der Waals surface area contributed by atoms with Gasteiger partial charge in [-0.15, -0.1) is 0 Å². The Balaban J connectivity index is 1.27. The molecule has 0 aliphatic heterocycles. The van der Waals surface area contributed by atoms with Crippen molar-refractivity contribution >= 4 is 17.3 Å². The highest BCUT2D eigenvalue weighted by Gasteiger charge is 2.17. The van der Waals surface area contributed by atoms with Gasteiger partial charge in [-0.1, -0.05) is 127 Å². The van der Waals surface area contributed by atoms with Crippen LogP contribution in [0.25, 0.3) is 11.6 Å². The average Bonchev–Trinajstić information content (AvgIpc) is 2.97. The van der Waals surface area contributed by atoms with Crippen LogP contribution in [0.4, 0.5) is 5.69 Å². The Kier molecular flexibility index (Phi) is 15.8. The fourth-order valence-corrected chi connectivity index (χ4v) is 6.02. The van der Waals surface area contributed by atoms with E-state index in [1.165, 1.54) is 150 Å². The Bertz CT molecular complexity index is 999. The van der Waals surface area contributed by atoms with E-state index in [1.54, 1.807) is 0 Å². The number of fused-ring (bicyclic) bond motifs is 1. The molecular weight excluding hydrogens is 484 g/mol. The smallest absolute Gasteiger partial charge is 0.172 e. The third-order valence-corrected chi connectivity index (χ3v) is 8.60. The van der Waals surface area contributed by atoms with Crippen molar-refractivity contribution in [2.24, 2.45) is 0 Å². The molecule has 3 rings (SSSR count). The molecule has 0 amide bonds. The summed E-state index contributed by atoms with van der Waals surface area (Å²) in [5, 5.41) is 0. The van der Waals surface area contributed by atoms with E-state index in [-0.39, 0.29) is 0 Å². The van der Waals surface area contributed by atoms with Crippen LogP contribution in [0.5, 0.6) is 0 Å². The molecule has 1 aliphatic rings. The van der Waals surface area contributed by atoms with Crippen molar-refractivity contribution < 1.29 is 4.57 Å². The predicted molar refractivity (Wildman–Crippen MR) is 177 cm³/mol. The zero-order valence-corrected chi connectivity index (χ0v) is 26.3. The largest absolute Gasteiger partial charge is 0.378 e. The molecule has 2 nitrogen and oxygen atoms in total. The molecule has 1 aromatic carbocycles. The molecule has 0 radical (unpaired) electrons. The van der Waals surface area contributed by atoms with Crippen LogP contribution in [0.3, 0.4) is 0 Å². The monoisotopic (exact) mass is 543 g/mol. The summed E-state index contributed by atoms with van der Waals surface area (Å²) in [5.41, 5.74) is 6.96. The Morgan fingerprint density at radius 3 is 1.85 bits per heavy atom. The Morgan fingerprint density at radius 1 is 0.700 bits per heavy atom. The number of aryl methyl sites for hydroxylation is 2. The molecule has 220 valence electrons. The number of hydrogen-bond acceptors (Lipinski definition) is 1. The molecule has 0 bridgehead atoms. The number of anilines is 1. The summed E-state index contributed by atoms with van der Waals surface area (Å²) in [6.07, 6.45) is 38.0. The minimum Gasteiger partial charge on any atom is -0.378 e. The third-order valence-electron chi connectivity index (χ3n) is 8.60. The van der Waals surface area contributed by atoms with Crippen LogP contribution >= 0.6 is 0 Å². The molecule has 2 aromatic rings. The normalized spacial score (nSPS) is 14.2. The lowest BCUT2D eigenvalue weighted by molar-refractivity contribution is -0.697. The number of nitrogens with zero attached hydrogens (tertiary/aromatic N) is 2. The van der Waals surface area contributed by atoms with Crippen LogP contribution in [0.1, 0.15) is 139 Å². The van der Waals surface area contributed by atoms with Crippen molar-refractivity contribution in [3.05, 3.63) is 71.6 Å². The van der Waals surface area contributed by atoms with Crippen molar-refractivity contribution in [2.75, 3.05) is 19.0 Å². The van der Waals surface area contributed by atoms with Crippen molar-refractivity contribution in [3.63, 3.8) is 0 Å². The molecule has 0 saturated heterocycles. The van der Waals surface area contributed by atoms with Crippen LogP contribution in [-0.2, 0) is 13.0 Å². The Morgan fingerprint density at radius 2 is 1.27 bits per heavy atom. The highest BCUT2D eigenvalue weighted by Crippen LogP contribution is 2.30. The quantitative estimate of drug-likeness (QED) is 0.119. The van der Waals surface area contributed by atoms with Gasteiger partial charge in [-0.3, -0.25) is 0 Å². The number of hydrogen-bond donors (Lipinski definition) is 0. The zero-order chi connectivity index (χ0) is 28.3. The van der Waals surface area contributed by atoms with Crippen LogP contribution in [0.15, 0.2) is 54.9 Å². The first-order valence-electron chi connectivity index (χ1n) is 16.8. The zero-order valence-electron chi connectivity index (χ0n) is 26.3. The minimum atomic E-state index is 1.16. The molecule has 0 spiro atoms. The van der Waals surface area contributed by atoms with Gasteiger partial charge in [0.1, 0.15) is 6.54 Å². The van der Waals surface area contributed by atoms with Crippen LogP contribution < -0.4 is 9.47 Å². The minimum absolute atomic E-state index is 1.16. The number of pyridine rings is 1. The van der Waals surface area contributed by atoms with Crippen LogP contribution in [-0.4, -0.2) is 14.1 Å². The van der Waals surface area contributed by atoms with E-state index in [2.05, 4.69) is 91.4 Å². The van der Waals surface area contributed by atoms with E-state index in [0.717, 1.165) is 6.54 Å². The summed E-state index contributed by atoms with van der Waals surface area (Å²) >= 11 is 0. The van der Waals surface area contributed by atoms with Crippen molar-refractivity contribution in [3.8, 4) is 0 Å². The maximum Gasteiger partial charge on any atom is 0.172 e. The average molecular weight is 544 g/mol. The van der Waals surface area contributed by atoms with Gasteiger partial charge in [0, 0.05) is 37.8 Å². The summed E-state index contributed by atoms with van der Waals surface area (Å²) in [6.45, 7) is 3.46. The molecule has 1 aliphatic carbocycles. The Labute approximate surface area is 247 Å². The number of benzene rings is 1. The molecule has 0 fully saturated rings. The lowest BCUT2D eigenvalue weighted by atomic mass is 9.88. The van der Waals surface area contributed by atoms with Gasteiger partial charge >= 0.3 is 0 Å². The topological polar surface area (TPSA) is 7.12 Å². The maximum absolute atomic E-state index is 2.44. The molecular formula is C38H59N2+. The maximum atomic E-state index is 2.44. The summed E-state index contributed by atoms with van der Waals surface area (Å²) < 4.78 is 2.44. The fourth-order valence-electron chi connectivity index (χ4n) is 6.02. The standard InChI is InChI=1S/C38H59N2/c1-4-5-6-7-8-9-10-11-12-13-14-15-16-17-18-19-31-40-32-30-38-35(24-21-25-36(38)33-40)23-20-22-34-26-28-37(29-27-34)39(2)3/h20,22-23,26-30,32-33H,4-19,21,24-25,31H2,1-3H3/q+1. The lowest BCUT2D eigenvalue weighted by Crippen LogP contribution is -2.34. The van der Waals surface area contributed by atoms with Gasteiger partial charge in [-0.2, -0.15) is 0 Å². The first-order chi connectivity index (χ1) is 19.7. The van der Waals surface area contributed by atoms with E-state index in [9.17, 15) is 0 Å². The highest BCUT2D eigenvalue weighted by atomic mass is 15.1. The van der Waals surface area contributed by atoms with Gasteiger partial charge < -0.3 is 4.90 Å². The van der Waals surface area contributed by atoms with Gasteiger partial charge in [-0.25, -0.2) is 4.57 Å². The van der Waals surface area contributed by atoms with Gasteiger partial charge in [-0.05, 0) is 54.5 Å². The molecule has 0 saturated carbocycles. The van der Waals surface area contributed by atoms with Crippen LogP contribution in [0, 0.1) is 0 Å². The van der Waals surface area contributed by atoms with E-state index in [1.807, 2.05) is 0 Å². The summed E-state index contributed by atoms with van der Waals surface area (Å²) in [6, 6.07) is 11.1. The SMILES string of the molecule is CCCCCCCCCCCCCCCCCC[n+]1ccc2c(c1)CCC/C2=C\C=C\c1ccc(N(C)C)cc1.